The van der Waals surface area contributed by atoms with E-state index in [0.717, 1.165) is 11.4 Å². The molecule has 84 valence electrons. The Morgan fingerprint density at radius 1 is 1.44 bits per heavy atom. The maximum absolute atomic E-state index is 5.44. The van der Waals surface area contributed by atoms with Crippen LogP contribution in [0.3, 0.4) is 0 Å². The molecule has 2 aromatic rings. The fraction of sp³-hybridized carbons (Fsp3) is 0.273. The molecule has 0 atom stereocenters. The van der Waals surface area contributed by atoms with Crippen LogP contribution < -0.4 is 10.1 Å². The Morgan fingerprint density at radius 2 is 2.38 bits per heavy atom. The molecule has 0 fully saturated rings. The molecule has 0 aliphatic rings. The Kier molecular flexibility index (Phi) is 3.38. The van der Waals surface area contributed by atoms with Crippen LogP contribution in [0.15, 0.2) is 35.2 Å². The Hall–Kier alpha value is -2.04. The number of nitrogens with one attached hydrogen (secondary N) is 1. The lowest BCUT2D eigenvalue weighted by molar-refractivity contribution is 0.340. The van der Waals surface area contributed by atoms with Crippen LogP contribution in [-0.2, 0) is 6.54 Å². The van der Waals surface area contributed by atoms with Gasteiger partial charge in [0.05, 0.1) is 13.2 Å². The molecule has 0 bridgehead atoms. The summed E-state index contributed by atoms with van der Waals surface area (Å²) in [6.45, 7) is 3.12. The van der Waals surface area contributed by atoms with Crippen molar-refractivity contribution in [2.24, 2.45) is 0 Å². The normalized spacial score (nSPS) is 10.1. The minimum absolute atomic E-state index is 0.563. The van der Waals surface area contributed by atoms with Gasteiger partial charge < -0.3 is 14.6 Å². The molecule has 0 spiro atoms. The largest absolute Gasteiger partial charge is 0.490 e. The molecule has 5 heteroatoms. The Bertz CT molecular complexity index is 429. The van der Waals surface area contributed by atoms with Crippen molar-refractivity contribution in [2.75, 3.05) is 11.9 Å². The molecule has 1 N–H and O–H groups in total. The molecule has 0 radical (unpaired) electrons. The van der Waals surface area contributed by atoms with E-state index in [9.17, 15) is 0 Å². The van der Waals surface area contributed by atoms with E-state index in [1.807, 2.05) is 19.1 Å². The van der Waals surface area contributed by atoms with E-state index < -0.39 is 0 Å². The van der Waals surface area contributed by atoms with Crippen LogP contribution in [0.25, 0.3) is 0 Å². The quantitative estimate of drug-likeness (QED) is 0.834. The molecule has 0 saturated carbocycles. The van der Waals surface area contributed by atoms with E-state index in [-0.39, 0.29) is 0 Å². The van der Waals surface area contributed by atoms with Gasteiger partial charge in [0.1, 0.15) is 12.0 Å². The lowest BCUT2D eigenvalue weighted by Crippen LogP contribution is -2.04. The van der Waals surface area contributed by atoms with Crippen molar-refractivity contribution in [3.05, 3.63) is 36.4 Å². The van der Waals surface area contributed by atoms with Gasteiger partial charge in [0.25, 0.3) is 0 Å². The van der Waals surface area contributed by atoms with Gasteiger partial charge in [0.2, 0.25) is 0 Å². The van der Waals surface area contributed by atoms with Crippen molar-refractivity contribution in [3.63, 3.8) is 0 Å². The highest BCUT2D eigenvalue weighted by Gasteiger charge is 2.04. The van der Waals surface area contributed by atoms with Crippen LogP contribution in [0.2, 0.25) is 0 Å². The highest BCUT2D eigenvalue weighted by atomic mass is 16.5. The third-order valence-electron chi connectivity index (χ3n) is 2.00. The number of rotatable bonds is 5. The number of nitrogens with zero attached hydrogens (tertiary/aromatic N) is 2. The minimum atomic E-state index is 0.563. The van der Waals surface area contributed by atoms with Gasteiger partial charge in [0, 0.05) is 12.3 Å². The summed E-state index contributed by atoms with van der Waals surface area (Å²) in [6, 6.07) is 5.52. The molecular formula is C11H13N3O2. The van der Waals surface area contributed by atoms with Crippen molar-refractivity contribution in [2.45, 2.75) is 13.5 Å². The number of pyridine rings is 1. The summed E-state index contributed by atoms with van der Waals surface area (Å²) in [4.78, 5) is 4.20. The van der Waals surface area contributed by atoms with E-state index >= 15 is 0 Å². The lowest BCUT2D eigenvalue weighted by Gasteiger charge is -2.09. The second kappa shape index (κ2) is 5.16. The summed E-state index contributed by atoms with van der Waals surface area (Å²) in [6.07, 6.45) is 3.26. The first-order valence-corrected chi connectivity index (χ1v) is 5.11. The molecule has 2 rings (SSSR count). The number of hydrogen-bond donors (Lipinski definition) is 1. The molecule has 0 aliphatic carbocycles. The van der Waals surface area contributed by atoms with Crippen LogP contribution in [0, 0.1) is 0 Å². The van der Waals surface area contributed by atoms with Crippen molar-refractivity contribution in [1.29, 1.82) is 0 Å². The average molecular weight is 219 g/mol. The van der Waals surface area contributed by atoms with Crippen LogP contribution >= 0.6 is 0 Å². The summed E-state index contributed by atoms with van der Waals surface area (Å²) in [5.74, 6) is 1.46. The lowest BCUT2D eigenvalue weighted by atomic mass is 10.4. The van der Waals surface area contributed by atoms with Gasteiger partial charge in [-0.3, -0.25) is 0 Å². The predicted molar refractivity (Wildman–Crippen MR) is 59.2 cm³/mol. The number of aromatic nitrogens is 2. The highest BCUT2D eigenvalue weighted by Crippen LogP contribution is 2.20. The van der Waals surface area contributed by atoms with Crippen LogP contribution in [-0.4, -0.2) is 16.7 Å². The molecule has 2 heterocycles. The van der Waals surface area contributed by atoms with E-state index in [0.29, 0.717) is 19.0 Å². The van der Waals surface area contributed by atoms with Crippen LogP contribution in [0.1, 0.15) is 12.6 Å². The predicted octanol–water partition coefficient (Wildman–Crippen LogP) is 2.08. The van der Waals surface area contributed by atoms with E-state index in [1.54, 1.807) is 18.5 Å². The summed E-state index contributed by atoms with van der Waals surface area (Å²) < 4.78 is 10.2. The monoisotopic (exact) mass is 219 g/mol. The van der Waals surface area contributed by atoms with Crippen molar-refractivity contribution in [1.82, 2.24) is 10.1 Å². The Balaban J connectivity index is 2.03. The molecule has 5 nitrogen and oxygen atoms in total. The first kappa shape index (κ1) is 10.5. The first-order valence-electron chi connectivity index (χ1n) is 5.11. The average Bonchev–Trinajstić information content (AvgIpc) is 2.81. The molecule has 16 heavy (non-hydrogen) atoms. The van der Waals surface area contributed by atoms with E-state index in [2.05, 4.69) is 15.5 Å². The fourth-order valence-corrected chi connectivity index (χ4v) is 1.30. The van der Waals surface area contributed by atoms with Gasteiger partial charge in [-0.15, -0.1) is 0 Å². The van der Waals surface area contributed by atoms with Crippen LogP contribution in [0.5, 0.6) is 5.75 Å². The molecule has 0 aliphatic heterocycles. The third kappa shape index (κ3) is 2.50. The van der Waals surface area contributed by atoms with Crippen molar-refractivity contribution in [3.8, 4) is 5.75 Å². The van der Waals surface area contributed by atoms with Gasteiger partial charge in [-0.2, -0.15) is 0 Å². The number of ether oxygens (including phenoxy) is 1. The van der Waals surface area contributed by atoms with Gasteiger partial charge >= 0.3 is 0 Å². The van der Waals surface area contributed by atoms with Crippen molar-refractivity contribution < 1.29 is 9.26 Å². The molecule has 0 saturated heterocycles. The molecule has 0 aromatic carbocycles. The standard InChI is InChI=1S/C11H13N3O2/c1-2-15-10-4-3-6-12-11(10)13-8-9-5-7-16-14-9/h3-7H,2,8H2,1H3,(H,12,13). The maximum atomic E-state index is 5.44. The zero-order valence-electron chi connectivity index (χ0n) is 9.01. The zero-order valence-corrected chi connectivity index (χ0v) is 9.01. The van der Waals surface area contributed by atoms with Gasteiger partial charge in [-0.05, 0) is 19.1 Å². The topological polar surface area (TPSA) is 60.2 Å². The second-order valence-electron chi connectivity index (χ2n) is 3.13. The Labute approximate surface area is 93.4 Å². The van der Waals surface area contributed by atoms with Gasteiger partial charge in [-0.1, -0.05) is 5.16 Å². The van der Waals surface area contributed by atoms with Gasteiger partial charge in [-0.25, -0.2) is 4.98 Å². The summed E-state index contributed by atoms with van der Waals surface area (Å²) in [7, 11) is 0. The molecule has 2 aromatic heterocycles. The van der Waals surface area contributed by atoms with E-state index in [4.69, 9.17) is 9.26 Å². The zero-order chi connectivity index (χ0) is 11.2. The van der Waals surface area contributed by atoms with Crippen molar-refractivity contribution >= 4 is 5.82 Å². The van der Waals surface area contributed by atoms with Gasteiger partial charge in [0.15, 0.2) is 11.6 Å². The Morgan fingerprint density at radius 3 is 3.12 bits per heavy atom. The SMILES string of the molecule is CCOc1cccnc1NCc1ccon1. The fourth-order valence-electron chi connectivity index (χ4n) is 1.30. The van der Waals surface area contributed by atoms with E-state index in [1.165, 1.54) is 0 Å². The second-order valence-corrected chi connectivity index (χ2v) is 3.13. The summed E-state index contributed by atoms with van der Waals surface area (Å²) >= 11 is 0. The summed E-state index contributed by atoms with van der Waals surface area (Å²) in [5, 5.41) is 6.94. The number of hydrogen-bond acceptors (Lipinski definition) is 5. The molecular weight excluding hydrogens is 206 g/mol. The molecule has 0 amide bonds. The van der Waals surface area contributed by atoms with Crippen LogP contribution in [0.4, 0.5) is 5.82 Å². The smallest absolute Gasteiger partial charge is 0.169 e. The maximum Gasteiger partial charge on any atom is 0.169 e. The summed E-state index contributed by atoms with van der Waals surface area (Å²) in [5.41, 5.74) is 0.827. The molecule has 0 unspecified atom stereocenters. The minimum Gasteiger partial charge on any atom is -0.490 e. The number of anilines is 1. The highest BCUT2D eigenvalue weighted by molar-refractivity contribution is 5.49. The first-order chi connectivity index (χ1) is 7.90. The third-order valence-corrected chi connectivity index (χ3v) is 2.00.